The smallest absolute Gasteiger partial charge is 0.251 e. The summed E-state index contributed by atoms with van der Waals surface area (Å²) in [4.78, 5) is 12.8. The van der Waals surface area contributed by atoms with Gasteiger partial charge in [0.25, 0.3) is 5.91 Å². The van der Waals surface area contributed by atoms with E-state index in [9.17, 15) is 9.18 Å². The van der Waals surface area contributed by atoms with Crippen LogP contribution < -0.4 is 5.32 Å². The summed E-state index contributed by atoms with van der Waals surface area (Å²) in [7, 11) is 0. The molecule has 0 saturated carbocycles. The number of hydrogen-bond donors (Lipinski definition) is 1. The second-order valence-electron chi connectivity index (χ2n) is 7.31. The lowest BCUT2D eigenvalue weighted by atomic mass is 10.1. The number of nitrogens with one attached hydrogen (secondary N) is 1. The van der Waals surface area contributed by atoms with Gasteiger partial charge in [0, 0.05) is 10.9 Å². The van der Waals surface area contributed by atoms with Gasteiger partial charge in [-0.25, -0.2) is 4.39 Å². The molecule has 4 aromatic rings. The number of halogens is 1. The third-order valence-electron chi connectivity index (χ3n) is 5.08. The number of hydrogen-bond acceptors (Lipinski definition) is 2. The molecule has 4 rings (SSSR count). The Balaban J connectivity index is 1.55. The Bertz CT molecular complexity index is 1150. The molecule has 0 radical (unpaired) electrons. The Morgan fingerprint density at radius 1 is 1.07 bits per heavy atom. The molecule has 3 aromatic carbocycles. The van der Waals surface area contributed by atoms with Crippen LogP contribution >= 0.6 is 0 Å². The number of fused-ring (bicyclic) bond motifs is 1. The van der Waals surface area contributed by atoms with E-state index in [-0.39, 0.29) is 17.8 Å². The van der Waals surface area contributed by atoms with Crippen molar-refractivity contribution in [3.05, 3.63) is 101 Å². The summed E-state index contributed by atoms with van der Waals surface area (Å²) in [5, 5.41) is 8.44. The molecule has 1 aromatic heterocycles. The lowest BCUT2D eigenvalue weighted by Gasteiger charge is -2.14. The number of aromatic nitrogens is 2. The summed E-state index contributed by atoms with van der Waals surface area (Å²) in [5.41, 5.74) is 4.70. The molecule has 0 saturated heterocycles. The first-order valence-corrected chi connectivity index (χ1v) is 9.57. The molecule has 0 bridgehead atoms. The van der Waals surface area contributed by atoms with Gasteiger partial charge in [-0.15, -0.1) is 0 Å². The first-order chi connectivity index (χ1) is 14.0. The normalized spacial score (nSPS) is 12.1. The van der Waals surface area contributed by atoms with Crippen LogP contribution in [0.15, 0.2) is 72.9 Å². The topological polar surface area (TPSA) is 46.9 Å². The third-order valence-corrected chi connectivity index (χ3v) is 5.08. The van der Waals surface area contributed by atoms with Crippen LogP contribution in [-0.2, 0) is 6.54 Å². The largest absolute Gasteiger partial charge is 0.346 e. The van der Waals surface area contributed by atoms with Gasteiger partial charge >= 0.3 is 0 Å². The van der Waals surface area contributed by atoms with Crippen molar-refractivity contribution in [2.45, 2.75) is 26.4 Å². The molecule has 1 heterocycles. The zero-order valence-corrected chi connectivity index (χ0v) is 16.4. The first kappa shape index (κ1) is 18.9. The van der Waals surface area contributed by atoms with E-state index in [0.717, 1.165) is 22.0 Å². The van der Waals surface area contributed by atoms with Crippen molar-refractivity contribution in [3.63, 3.8) is 0 Å². The van der Waals surface area contributed by atoms with Crippen molar-refractivity contribution in [2.24, 2.45) is 0 Å². The van der Waals surface area contributed by atoms with Gasteiger partial charge in [-0.2, -0.15) is 5.10 Å². The van der Waals surface area contributed by atoms with E-state index >= 15 is 0 Å². The second kappa shape index (κ2) is 7.87. The van der Waals surface area contributed by atoms with Crippen LogP contribution in [0.3, 0.4) is 0 Å². The van der Waals surface area contributed by atoms with Gasteiger partial charge in [0.05, 0.1) is 24.3 Å². The van der Waals surface area contributed by atoms with Crippen molar-refractivity contribution in [2.75, 3.05) is 0 Å². The van der Waals surface area contributed by atoms with Crippen molar-refractivity contribution >= 4 is 16.8 Å². The number of rotatable bonds is 5. The van der Waals surface area contributed by atoms with Gasteiger partial charge in [0.2, 0.25) is 0 Å². The minimum absolute atomic E-state index is 0.174. The van der Waals surface area contributed by atoms with Crippen LogP contribution in [-0.4, -0.2) is 15.7 Å². The van der Waals surface area contributed by atoms with Crippen molar-refractivity contribution in [1.29, 1.82) is 0 Å². The van der Waals surface area contributed by atoms with Gasteiger partial charge in [-0.05, 0) is 49.2 Å². The molecular formula is C24H22FN3O. The Kier molecular flexibility index (Phi) is 5.12. The Morgan fingerprint density at radius 3 is 2.52 bits per heavy atom. The van der Waals surface area contributed by atoms with E-state index in [1.54, 1.807) is 18.2 Å². The van der Waals surface area contributed by atoms with Crippen molar-refractivity contribution < 1.29 is 9.18 Å². The van der Waals surface area contributed by atoms with Crippen LogP contribution in [0, 0.1) is 12.7 Å². The van der Waals surface area contributed by atoms with Gasteiger partial charge in [0.1, 0.15) is 5.82 Å². The highest BCUT2D eigenvalue weighted by atomic mass is 19.1. The molecule has 0 fully saturated rings. The van der Waals surface area contributed by atoms with E-state index in [1.807, 2.05) is 29.9 Å². The molecule has 0 aliphatic heterocycles. The first-order valence-electron chi connectivity index (χ1n) is 9.57. The maximum absolute atomic E-state index is 13.1. The van der Waals surface area contributed by atoms with Crippen LogP contribution in [0.2, 0.25) is 0 Å². The Hall–Kier alpha value is -3.47. The summed E-state index contributed by atoms with van der Waals surface area (Å²) >= 11 is 0. The number of carbonyl (C=O) groups excluding carboxylic acids is 1. The summed E-state index contributed by atoms with van der Waals surface area (Å²) in [6.07, 6.45) is 1.81. The quantitative estimate of drug-likeness (QED) is 0.522. The third kappa shape index (κ3) is 4.19. The molecule has 0 spiro atoms. The summed E-state index contributed by atoms with van der Waals surface area (Å²) in [6, 6.07) is 19.8. The van der Waals surface area contributed by atoms with Crippen LogP contribution in [0.1, 0.15) is 40.0 Å². The molecule has 1 amide bonds. The van der Waals surface area contributed by atoms with E-state index in [0.29, 0.717) is 12.1 Å². The summed E-state index contributed by atoms with van der Waals surface area (Å²) < 4.78 is 15.0. The zero-order valence-electron chi connectivity index (χ0n) is 16.4. The molecule has 0 aliphatic carbocycles. The molecule has 29 heavy (non-hydrogen) atoms. The average molecular weight is 387 g/mol. The molecule has 1 N–H and O–H groups in total. The van der Waals surface area contributed by atoms with Gasteiger partial charge in [0.15, 0.2) is 0 Å². The average Bonchev–Trinajstić information content (AvgIpc) is 3.12. The predicted molar refractivity (Wildman–Crippen MR) is 112 cm³/mol. The van der Waals surface area contributed by atoms with Gasteiger partial charge in [-0.3, -0.25) is 9.48 Å². The predicted octanol–water partition coefficient (Wildman–Crippen LogP) is 5.02. The monoisotopic (exact) mass is 387 g/mol. The number of benzene rings is 3. The van der Waals surface area contributed by atoms with Gasteiger partial charge in [-0.1, -0.05) is 48.0 Å². The lowest BCUT2D eigenvalue weighted by molar-refractivity contribution is 0.0940. The van der Waals surface area contributed by atoms with Crippen molar-refractivity contribution in [1.82, 2.24) is 15.1 Å². The van der Waals surface area contributed by atoms with E-state index in [2.05, 4.69) is 41.6 Å². The Morgan fingerprint density at radius 2 is 1.79 bits per heavy atom. The molecule has 5 heteroatoms. The standard InChI is InChI=1S/C24H22FN3O/c1-16-3-5-18(6-4-16)15-28-23-13-20(7-8-21(23)14-26-28)24(29)27-17(2)19-9-11-22(25)12-10-19/h3-14,17H,15H2,1-2H3,(H,27,29)/t17-/m1/s1. The minimum Gasteiger partial charge on any atom is -0.346 e. The fourth-order valence-corrected chi connectivity index (χ4v) is 3.32. The summed E-state index contributed by atoms with van der Waals surface area (Å²) in [5.74, 6) is -0.466. The molecular weight excluding hydrogens is 365 g/mol. The van der Waals surface area contributed by atoms with Crippen molar-refractivity contribution in [3.8, 4) is 0 Å². The Labute approximate surface area is 169 Å². The SMILES string of the molecule is Cc1ccc(Cn2ncc3ccc(C(=O)N[C@H](C)c4ccc(F)cc4)cc32)cc1. The fraction of sp³-hybridized carbons (Fsp3) is 0.167. The highest BCUT2D eigenvalue weighted by molar-refractivity contribution is 5.98. The minimum atomic E-state index is -0.292. The molecule has 146 valence electrons. The maximum Gasteiger partial charge on any atom is 0.251 e. The highest BCUT2D eigenvalue weighted by Gasteiger charge is 2.13. The fourth-order valence-electron chi connectivity index (χ4n) is 3.32. The van der Waals surface area contributed by atoms with E-state index in [4.69, 9.17) is 0 Å². The maximum atomic E-state index is 13.1. The lowest BCUT2D eigenvalue weighted by Crippen LogP contribution is -2.26. The van der Waals surface area contributed by atoms with Crippen LogP contribution in [0.5, 0.6) is 0 Å². The second-order valence-corrected chi connectivity index (χ2v) is 7.31. The van der Waals surface area contributed by atoms with E-state index < -0.39 is 0 Å². The number of amides is 1. The van der Waals surface area contributed by atoms with Crippen LogP contribution in [0.4, 0.5) is 4.39 Å². The van der Waals surface area contributed by atoms with E-state index in [1.165, 1.54) is 17.7 Å². The highest BCUT2D eigenvalue weighted by Crippen LogP contribution is 2.19. The van der Waals surface area contributed by atoms with Crippen LogP contribution in [0.25, 0.3) is 10.9 Å². The summed E-state index contributed by atoms with van der Waals surface area (Å²) in [6.45, 7) is 4.58. The number of carbonyl (C=O) groups is 1. The molecule has 0 unspecified atom stereocenters. The van der Waals surface area contributed by atoms with Gasteiger partial charge < -0.3 is 5.32 Å². The number of nitrogens with zero attached hydrogens (tertiary/aromatic N) is 2. The number of aryl methyl sites for hydroxylation is 1. The zero-order chi connectivity index (χ0) is 20.4. The molecule has 1 atom stereocenters. The molecule has 0 aliphatic rings. The molecule has 4 nitrogen and oxygen atoms in total.